The average Bonchev–Trinajstić information content (AvgIpc) is 2.75. The van der Waals surface area contributed by atoms with Gasteiger partial charge in [0.15, 0.2) is 0 Å². The average molecular weight is 451 g/mol. The summed E-state index contributed by atoms with van der Waals surface area (Å²) in [4.78, 5) is 14.7. The quantitative estimate of drug-likeness (QED) is 0.640. The number of piperidine rings is 1. The van der Waals surface area contributed by atoms with Gasteiger partial charge in [0.25, 0.3) is 5.91 Å². The molecule has 0 spiro atoms. The molecule has 0 bridgehead atoms. The van der Waals surface area contributed by atoms with Gasteiger partial charge in [-0.3, -0.25) is 4.79 Å². The number of ether oxygens (including phenoxy) is 1. The Bertz CT molecular complexity index is 987. The van der Waals surface area contributed by atoms with Gasteiger partial charge < -0.3 is 9.64 Å². The van der Waals surface area contributed by atoms with E-state index in [2.05, 4.69) is 0 Å². The zero-order valence-corrected chi connectivity index (χ0v) is 18.9. The van der Waals surface area contributed by atoms with Gasteiger partial charge in [0, 0.05) is 30.7 Å². The van der Waals surface area contributed by atoms with Crippen LogP contribution in [0.5, 0.6) is 5.75 Å². The lowest BCUT2D eigenvalue weighted by atomic mass is 10.1. The first-order valence-corrected chi connectivity index (χ1v) is 11.9. The zero-order valence-electron chi connectivity index (χ0n) is 17.3. The molecule has 1 aliphatic heterocycles. The Labute approximate surface area is 183 Å². The Balaban J connectivity index is 1.68. The first-order chi connectivity index (χ1) is 14.3. The number of carbonyl (C=O) groups is 1. The minimum absolute atomic E-state index is 0.171. The smallest absolute Gasteiger partial charge is 0.254 e. The fourth-order valence-electron chi connectivity index (χ4n) is 3.38. The number of likely N-dealkylation sites (N-methyl/N-ethyl adjacent to an activating group) is 1. The fourth-order valence-corrected chi connectivity index (χ4v) is 5.05. The Morgan fingerprint density at radius 3 is 2.43 bits per heavy atom. The van der Waals surface area contributed by atoms with Crippen molar-refractivity contribution >= 4 is 27.5 Å². The van der Waals surface area contributed by atoms with Crippen molar-refractivity contribution in [3.63, 3.8) is 0 Å². The van der Waals surface area contributed by atoms with E-state index in [1.54, 1.807) is 43.4 Å². The number of hydrogen-bond donors (Lipinski definition) is 0. The molecule has 1 saturated heterocycles. The van der Waals surface area contributed by atoms with Gasteiger partial charge in [0.2, 0.25) is 10.0 Å². The number of nitrogens with zero attached hydrogens (tertiary/aromatic N) is 2. The number of aryl methyl sites for hydroxylation is 1. The van der Waals surface area contributed by atoms with Crippen molar-refractivity contribution in [2.24, 2.45) is 0 Å². The molecule has 30 heavy (non-hydrogen) atoms. The normalized spacial score (nSPS) is 15.0. The predicted octanol–water partition coefficient (Wildman–Crippen LogP) is 3.97. The molecule has 0 radical (unpaired) electrons. The third kappa shape index (κ3) is 5.33. The number of halogens is 1. The third-order valence-electron chi connectivity index (χ3n) is 5.25. The molecule has 0 aliphatic carbocycles. The molecule has 3 rings (SSSR count). The number of amides is 1. The summed E-state index contributed by atoms with van der Waals surface area (Å²) in [7, 11) is -1.91. The maximum atomic E-state index is 13.0. The molecule has 0 aromatic heterocycles. The summed E-state index contributed by atoms with van der Waals surface area (Å²) in [5.74, 6) is 0.439. The summed E-state index contributed by atoms with van der Waals surface area (Å²) in [6.45, 7) is 3.55. The monoisotopic (exact) mass is 450 g/mol. The van der Waals surface area contributed by atoms with Crippen molar-refractivity contribution < 1.29 is 17.9 Å². The molecule has 2 aromatic carbocycles. The Morgan fingerprint density at radius 1 is 1.10 bits per heavy atom. The molecule has 0 saturated carbocycles. The molecule has 2 aromatic rings. The second-order valence-electron chi connectivity index (χ2n) is 7.47. The SMILES string of the molecule is Cc1ccc(S(=O)(=O)N2CCCCC2)cc1C(=O)N(C)CCOc1ccc(Cl)cc1. The molecule has 162 valence electrons. The Kier molecular flexibility index (Phi) is 7.39. The minimum atomic E-state index is -3.59. The van der Waals surface area contributed by atoms with E-state index in [9.17, 15) is 13.2 Å². The van der Waals surface area contributed by atoms with Gasteiger partial charge in [-0.1, -0.05) is 24.1 Å². The first kappa shape index (κ1) is 22.6. The first-order valence-electron chi connectivity index (χ1n) is 10.0. The van der Waals surface area contributed by atoms with Crippen LogP contribution >= 0.6 is 11.6 Å². The summed E-state index contributed by atoms with van der Waals surface area (Å²) in [5, 5.41) is 0.629. The van der Waals surface area contributed by atoms with Crippen LogP contribution < -0.4 is 4.74 Å². The molecule has 6 nitrogen and oxygen atoms in total. The molecular weight excluding hydrogens is 424 g/mol. The molecule has 0 unspecified atom stereocenters. The van der Waals surface area contributed by atoms with Gasteiger partial charge in [-0.15, -0.1) is 0 Å². The molecule has 8 heteroatoms. The highest BCUT2D eigenvalue weighted by Gasteiger charge is 2.27. The summed E-state index contributed by atoms with van der Waals surface area (Å²) < 4.78 is 33.1. The van der Waals surface area contributed by atoms with E-state index in [4.69, 9.17) is 16.3 Å². The standard InChI is InChI=1S/C22H27ClN2O4S/c1-17-6-11-20(30(27,28)25-12-4-3-5-13-25)16-21(17)22(26)24(2)14-15-29-19-9-7-18(23)8-10-19/h6-11,16H,3-5,12-15H2,1-2H3. The van der Waals surface area contributed by atoms with E-state index in [0.29, 0.717) is 42.6 Å². The molecule has 1 amide bonds. The molecule has 0 atom stereocenters. The predicted molar refractivity (Wildman–Crippen MR) is 118 cm³/mol. The largest absolute Gasteiger partial charge is 0.492 e. The molecule has 0 N–H and O–H groups in total. The number of sulfonamides is 1. The lowest BCUT2D eigenvalue weighted by Gasteiger charge is -2.26. The van der Waals surface area contributed by atoms with Crippen LogP contribution in [0.3, 0.4) is 0 Å². The zero-order chi connectivity index (χ0) is 21.7. The van der Waals surface area contributed by atoms with E-state index < -0.39 is 10.0 Å². The minimum Gasteiger partial charge on any atom is -0.492 e. The Hall–Kier alpha value is -2.09. The Morgan fingerprint density at radius 2 is 1.77 bits per heavy atom. The van der Waals surface area contributed by atoms with E-state index >= 15 is 0 Å². The van der Waals surface area contributed by atoms with E-state index in [1.165, 1.54) is 15.3 Å². The van der Waals surface area contributed by atoms with Gasteiger partial charge in [-0.05, 0) is 61.7 Å². The van der Waals surface area contributed by atoms with Gasteiger partial charge in [0.1, 0.15) is 12.4 Å². The molecule has 1 fully saturated rings. The van der Waals surface area contributed by atoms with Crippen LogP contribution in [0.25, 0.3) is 0 Å². The van der Waals surface area contributed by atoms with E-state index in [1.807, 2.05) is 6.92 Å². The molecular formula is C22H27ClN2O4S. The van der Waals surface area contributed by atoms with Crippen molar-refractivity contribution in [3.8, 4) is 5.75 Å². The second-order valence-corrected chi connectivity index (χ2v) is 9.84. The number of hydrogen-bond acceptors (Lipinski definition) is 4. The van der Waals surface area contributed by atoms with Crippen molar-refractivity contribution in [1.29, 1.82) is 0 Å². The van der Waals surface area contributed by atoms with Crippen LogP contribution in [0.15, 0.2) is 47.4 Å². The fraction of sp³-hybridized carbons (Fsp3) is 0.409. The highest BCUT2D eigenvalue weighted by molar-refractivity contribution is 7.89. The maximum Gasteiger partial charge on any atom is 0.254 e. The van der Waals surface area contributed by atoms with Crippen LogP contribution in [0.1, 0.15) is 35.2 Å². The molecule has 1 heterocycles. The summed E-state index contributed by atoms with van der Waals surface area (Å²) in [5.41, 5.74) is 1.13. The highest BCUT2D eigenvalue weighted by Crippen LogP contribution is 2.23. The summed E-state index contributed by atoms with van der Waals surface area (Å²) >= 11 is 5.86. The third-order valence-corrected chi connectivity index (χ3v) is 7.39. The van der Waals surface area contributed by atoms with Gasteiger partial charge in [-0.25, -0.2) is 8.42 Å². The van der Waals surface area contributed by atoms with E-state index in [0.717, 1.165) is 24.8 Å². The van der Waals surface area contributed by atoms with Crippen LogP contribution in [0.4, 0.5) is 0 Å². The lowest BCUT2D eigenvalue weighted by molar-refractivity contribution is 0.0773. The highest BCUT2D eigenvalue weighted by atomic mass is 35.5. The topological polar surface area (TPSA) is 66.9 Å². The summed E-state index contributed by atoms with van der Waals surface area (Å²) in [6.07, 6.45) is 2.78. The maximum absolute atomic E-state index is 13.0. The van der Waals surface area contributed by atoms with Crippen LogP contribution in [0, 0.1) is 6.92 Å². The van der Waals surface area contributed by atoms with Gasteiger partial charge in [0.05, 0.1) is 11.4 Å². The summed E-state index contributed by atoms with van der Waals surface area (Å²) in [6, 6.07) is 11.8. The number of benzene rings is 2. The van der Waals surface area contributed by atoms with Gasteiger partial charge in [-0.2, -0.15) is 4.31 Å². The van der Waals surface area contributed by atoms with Crippen molar-refractivity contribution in [3.05, 3.63) is 58.6 Å². The van der Waals surface area contributed by atoms with Crippen LogP contribution in [-0.4, -0.2) is 56.8 Å². The number of rotatable bonds is 7. The van der Waals surface area contributed by atoms with Crippen molar-refractivity contribution in [1.82, 2.24) is 9.21 Å². The number of carbonyl (C=O) groups excluding carboxylic acids is 1. The van der Waals surface area contributed by atoms with Crippen LogP contribution in [-0.2, 0) is 10.0 Å². The second kappa shape index (κ2) is 9.81. The van der Waals surface area contributed by atoms with Crippen molar-refractivity contribution in [2.45, 2.75) is 31.1 Å². The van der Waals surface area contributed by atoms with Crippen LogP contribution in [0.2, 0.25) is 5.02 Å². The van der Waals surface area contributed by atoms with Crippen molar-refractivity contribution in [2.75, 3.05) is 33.3 Å². The lowest BCUT2D eigenvalue weighted by Crippen LogP contribution is -2.36. The van der Waals surface area contributed by atoms with Gasteiger partial charge >= 0.3 is 0 Å². The molecule has 1 aliphatic rings. The van der Waals surface area contributed by atoms with E-state index in [-0.39, 0.29) is 10.8 Å².